The molecule has 0 bridgehead atoms. The van der Waals surface area contributed by atoms with Gasteiger partial charge in [-0.1, -0.05) is 12.1 Å². The zero-order valence-electron chi connectivity index (χ0n) is 9.75. The molecule has 82 valence electrons. The van der Waals surface area contributed by atoms with Crippen LogP contribution in [0, 0.1) is 0 Å². The Morgan fingerprint density at radius 2 is 1.19 bits per heavy atom. The molecule has 16 heavy (non-hydrogen) atoms. The summed E-state index contributed by atoms with van der Waals surface area (Å²) in [6, 6.07) is 9.29. The van der Waals surface area contributed by atoms with Crippen molar-refractivity contribution in [1.29, 1.82) is 0 Å². The van der Waals surface area contributed by atoms with Crippen molar-refractivity contribution in [1.82, 2.24) is 0 Å². The molecule has 0 saturated heterocycles. The molecule has 0 unspecified atom stereocenters. The van der Waals surface area contributed by atoms with Gasteiger partial charge in [-0.2, -0.15) is 0 Å². The quantitative estimate of drug-likeness (QED) is 0.474. The molecular weight excluding hydrogens is 223 g/mol. The molecule has 5 nitrogen and oxygen atoms in total. The van der Waals surface area contributed by atoms with E-state index >= 15 is 0 Å². The molecule has 0 amide bonds. The Morgan fingerprint density at radius 3 is 1.31 bits per heavy atom. The molecule has 0 aliphatic carbocycles. The number of hydrogen-bond acceptors (Lipinski definition) is 4. The third-order valence-electron chi connectivity index (χ3n) is 1.21. The third kappa shape index (κ3) is 8.19. The molecule has 2 aromatic heterocycles. The van der Waals surface area contributed by atoms with Gasteiger partial charge in [0.15, 0.2) is 0 Å². The van der Waals surface area contributed by atoms with Gasteiger partial charge in [-0.05, 0) is 12.1 Å². The second-order valence-corrected chi connectivity index (χ2v) is 2.25. The Kier molecular flexibility index (Phi) is 11.2. The molecule has 0 fully saturated rings. The molecular formula is C10H11NaO5. The van der Waals surface area contributed by atoms with E-state index in [1.165, 1.54) is 24.7 Å². The van der Waals surface area contributed by atoms with E-state index in [1.54, 1.807) is 24.3 Å². The van der Waals surface area contributed by atoms with Gasteiger partial charge in [0.2, 0.25) is 0 Å². The molecule has 6 heteroatoms. The summed E-state index contributed by atoms with van der Waals surface area (Å²) in [5, 5.41) is 0. The minimum Gasteiger partial charge on any atom is -1.00 e. The monoisotopic (exact) mass is 234 g/mol. The van der Waals surface area contributed by atoms with Crippen LogP contribution in [-0.2, 0) is 0 Å². The molecule has 0 aromatic carbocycles. The van der Waals surface area contributed by atoms with Gasteiger partial charge in [0.25, 0.3) is 0 Å². The maximum atomic E-state index is 10.1. The van der Waals surface area contributed by atoms with Crippen LogP contribution in [0.15, 0.2) is 67.3 Å². The average Bonchev–Trinajstić information content (AvgIpc) is 2.21. The van der Waals surface area contributed by atoms with Crippen LogP contribution in [0.1, 0.15) is 1.43 Å². The summed E-state index contributed by atoms with van der Waals surface area (Å²) in [5.74, 6) is 0. The van der Waals surface area contributed by atoms with Gasteiger partial charge in [-0.3, -0.25) is 0 Å². The molecule has 0 radical (unpaired) electrons. The number of rotatable bonds is 0. The van der Waals surface area contributed by atoms with Crippen LogP contribution in [0.3, 0.4) is 0 Å². The summed E-state index contributed by atoms with van der Waals surface area (Å²) in [5.41, 5.74) is -0.606. The fraction of sp³-hybridized carbons (Fsp3) is 0. The fourth-order valence-electron chi connectivity index (χ4n) is 0.650. The van der Waals surface area contributed by atoms with Gasteiger partial charge >= 0.3 is 40.8 Å². The summed E-state index contributed by atoms with van der Waals surface area (Å²) < 4.78 is 8.74. The van der Waals surface area contributed by atoms with E-state index in [1.807, 2.05) is 0 Å². The SMILES string of the molecule is O.O=c1cccco1.O=c1cccco1.[H-].[Na+]. The third-order valence-corrected chi connectivity index (χ3v) is 1.21. The smallest absolute Gasteiger partial charge is 1.00 e. The molecule has 0 aliphatic heterocycles. The summed E-state index contributed by atoms with van der Waals surface area (Å²) >= 11 is 0. The minimum absolute atomic E-state index is 0. The van der Waals surface area contributed by atoms with Crippen molar-refractivity contribution >= 4 is 0 Å². The van der Waals surface area contributed by atoms with Gasteiger partial charge in [0.05, 0.1) is 12.5 Å². The van der Waals surface area contributed by atoms with E-state index in [0.717, 1.165) is 0 Å². The van der Waals surface area contributed by atoms with Gasteiger partial charge in [0.1, 0.15) is 0 Å². The topological polar surface area (TPSA) is 91.9 Å². The van der Waals surface area contributed by atoms with Crippen molar-refractivity contribution in [2.75, 3.05) is 0 Å². The summed E-state index contributed by atoms with van der Waals surface area (Å²) in [6.07, 6.45) is 2.70. The van der Waals surface area contributed by atoms with Crippen LogP contribution in [-0.4, -0.2) is 5.48 Å². The molecule has 0 aliphatic rings. The van der Waals surface area contributed by atoms with Crippen LogP contribution in [0.5, 0.6) is 0 Å². The summed E-state index contributed by atoms with van der Waals surface area (Å²) in [7, 11) is 0. The van der Waals surface area contributed by atoms with Crippen molar-refractivity contribution in [3.8, 4) is 0 Å². The number of hydrogen-bond donors (Lipinski definition) is 0. The average molecular weight is 234 g/mol. The standard InChI is InChI=1S/2C5H4O2.Na.H2O.H/c2*6-5-3-1-2-4-7-5;;;/h2*1-4H;;1H2;/q;;+1;;-1. The Bertz CT molecular complexity index is 402. The first kappa shape index (κ1) is 17.3. The van der Waals surface area contributed by atoms with E-state index in [-0.39, 0.29) is 47.7 Å². The van der Waals surface area contributed by atoms with E-state index in [4.69, 9.17) is 0 Å². The predicted molar refractivity (Wildman–Crippen MR) is 54.7 cm³/mol. The molecule has 0 spiro atoms. The first-order chi connectivity index (χ1) is 6.79. The minimum atomic E-state index is -0.303. The molecule has 2 N–H and O–H groups in total. The van der Waals surface area contributed by atoms with Crippen molar-refractivity contribution < 1.29 is 45.3 Å². The van der Waals surface area contributed by atoms with Crippen molar-refractivity contribution in [3.05, 3.63) is 69.8 Å². The van der Waals surface area contributed by atoms with E-state index in [9.17, 15) is 9.59 Å². The van der Waals surface area contributed by atoms with Crippen LogP contribution in [0.25, 0.3) is 0 Å². The molecule has 2 aromatic rings. The van der Waals surface area contributed by atoms with Crippen molar-refractivity contribution in [2.24, 2.45) is 0 Å². The van der Waals surface area contributed by atoms with Crippen LogP contribution < -0.4 is 40.8 Å². The van der Waals surface area contributed by atoms with Gasteiger partial charge < -0.3 is 15.7 Å². The van der Waals surface area contributed by atoms with E-state index in [0.29, 0.717) is 0 Å². The van der Waals surface area contributed by atoms with E-state index < -0.39 is 0 Å². The normalized spacial score (nSPS) is 7.50. The Hall–Kier alpha value is -1.14. The van der Waals surface area contributed by atoms with Gasteiger partial charge in [-0.15, -0.1) is 0 Å². The van der Waals surface area contributed by atoms with Crippen LogP contribution >= 0.6 is 0 Å². The zero-order chi connectivity index (χ0) is 10.2. The first-order valence-corrected chi connectivity index (χ1v) is 3.87. The fourth-order valence-corrected chi connectivity index (χ4v) is 0.650. The molecule has 2 heterocycles. The maximum absolute atomic E-state index is 10.1. The Balaban J connectivity index is -0.000000196. The van der Waals surface area contributed by atoms with Gasteiger partial charge in [-0.25, -0.2) is 9.59 Å². The van der Waals surface area contributed by atoms with Crippen molar-refractivity contribution in [3.63, 3.8) is 0 Å². The first-order valence-electron chi connectivity index (χ1n) is 3.87. The second kappa shape index (κ2) is 10.4. The van der Waals surface area contributed by atoms with Crippen molar-refractivity contribution in [2.45, 2.75) is 0 Å². The zero-order valence-corrected chi connectivity index (χ0v) is 10.8. The largest absolute Gasteiger partial charge is 1.00 e. The van der Waals surface area contributed by atoms with E-state index in [2.05, 4.69) is 8.83 Å². The molecule has 0 atom stereocenters. The summed E-state index contributed by atoms with van der Waals surface area (Å²) in [4.78, 5) is 20.2. The van der Waals surface area contributed by atoms with Gasteiger partial charge in [0, 0.05) is 12.1 Å². The molecule has 0 saturated carbocycles. The Labute approximate surface area is 115 Å². The van der Waals surface area contributed by atoms with Crippen LogP contribution in [0.4, 0.5) is 0 Å². The maximum Gasteiger partial charge on any atom is 1.00 e. The second-order valence-electron chi connectivity index (χ2n) is 2.25. The predicted octanol–water partition coefficient (Wildman–Crippen LogP) is -2.43. The Morgan fingerprint density at radius 1 is 0.812 bits per heavy atom. The van der Waals surface area contributed by atoms with Crippen LogP contribution in [0.2, 0.25) is 0 Å². The summed E-state index contributed by atoms with van der Waals surface area (Å²) in [6.45, 7) is 0. The molecule has 2 rings (SSSR count).